The maximum absolute atomic E-state index is 13.0. The number of pyridine rings is 1. The molecule has 3 aromatic rings. The molecular formula is C26H20N2O2. The molecule has 0 atom stereocenters. The third-order valence-corrected chi connectivity index (χ3v) is 5.74. The fourth-order valence-corrected chi connectivity index (χ4v) is 3.98. The monoisotopic (exact) mass is 392 g/mol. The van der Waals surface area contributed by atoms with Gasteiger partial charge < -0.3 is 10.4 Å². The summed E-state index contributed by atoms with van der Waals surface area (Å²) in [6.45, 7) is 3.68. The molecule has 0 amide bonds. The quantitative estimate of drug-likeness (QED) is 0.656. The van der Waals surface area contributed by atoms with Crippen molar-refractivity contribution < 1.29 is 9.90 Å². The first kappa shape index (κ1) is 18.1. The third kappa shape index (κ3) is 2.77. The molecular weight excluding hydrogens is 372 g/mol. The van der Waals surface area contributed by atoms with Gasteiger partial charge in [-0.1, -0.05) is 48.5 Å². The van der Waals surface area contributed by atoms with Crippen LogP contribution in [0.3, 0.4) is 0 Å². The highest BCUT2D eigenvalue weighted by atomic mass is 16.3. The largest absolute Gasteiger partial charge is 0.506 e. The van der Waals surface area contributed by atoms with Crippen molar-refractivity contribution in [2.45, 2.75) is 13.8 Å². The summed E-state index contributed by atoms with van der Waals surface area (Å²) in [7, 11) is 0. The van der Waals surface area contributed by atoms with Crippen molar-refractivity contribution in [3.8, 4) is 0 Å². The molecule has 0 saturated heterocycles. The van der Waals surface area contributed by atoms with Gasteiger partial charge in [0, 0.05) is 17.3 Å². The Kier molecular flexibility index (Phi) is 4.14. The number of ketones is 1. The summed E-state index contributed by atoms with van der Waals surface area (Å²) in [5.74, 6) is -0.120. The van der Waals surface area contributed by atoms with Crippen molar-refractivity contribution in [1.82, 2.24) is 10.3 Å². The van der Waals surface area contributed by atoms with Crippen LogP contribution < -0.4 is 15.8 Å². The Hall–Kier alpha value is -3.92. The molecule has 5 rings (SSSR count). The minimum atomic E-state index is -0.154. The predicted molar refractivity (Wildman–Crippen MR) is 119 cm³/mol. The van der Waals surface area contributed by atoms with E-state index in [-0.39, 0.29) is 11.5 Å². The van der Waals surface area contributed by atoms with E-state index in [0.29, 0.717) is 22.4 Å². The molecule has 4 heteroatoms. The number of aromatic nitrogens is 1. The molecule has 4 nitrogen and oxygen atoms in total. The first-order valence-corrected chi connectivity index (χ1v) is 9.85. The molecule has 0 saturated carbocycles. The summed E-state index contributed by atoms with van der Waals surface area (Å²) >= 11 is 0. The SMILES string of the molecule is C/C(C1=C(O)/C(=C(\C)c2ccc3ccccc3n2)C1=O)=C1\C=c2ccccc2=CN1. The maximum atomic E-state index is 13.0. The van der Waals surface area contributed by atoms with Gasteiger partial charge in [0.2, 0.25) is 5.78 Å². The van der Waals surface area contributed by atoms with Gasteiger partial charge in [-0.2, -0.15) is 0 Å². The number of aliphatic hydroxyl groups excluding tert-OH is 1. The van der Waals surface area contributed by atoms with Gasteiger partial charge in [-0.3, -0.25) is 4.79 Å². The number of carbonyl (C=O) groups excluding carboxylic acids is 1. The lowest BCUT2D eigenvalue weighted by molar-refractivity contribution is -0.113. The molecule has 1 aliphatic carbocycles. The summed E-state index contributed by atoms with van der Waals surface area (Å²) in [4.78, 5) is 17.6. The molecule has 30 heavy (non-hydrogen) atoms. The number of fused-ring (bicyclic) bond motifs is 2. The highest BCUT2D eigenvalue weighted by Gasteiger charge is 2.37. The van der Waals surface area contributed by atoms with Crippen LogP contribution >= 0.6 is 0 Å². The molecule has 2 aliphatic rings. The summed E-state index contributed by atoms with van der Waals surface area (Å²) in [5.41, 5.74) is 4.47. The lowest BCUT2D eigenvalue weighted by Crippen LogP contribution is -2.33. The van der Waals surface area contributed by atoms with E-state index in [1.807, 2.05) is 86.8 Å². The number of rotatable bonds is 2. The Bertz CT molecular complexity index is 1460. The smallest absolute Gasteiger partial charge is 0.201 e. The van der Waals surface area contributed by atoms with E-state index in [2.05, 4.69) is 10.3 Å². The summed E-state index contributed by atoms with van der Waals surface area (Å²) in [6, 6.07) is 19.7. The van der Waals surface area contributed by atoms with Crippen LogP contribution in [0.5, 0.6) is 0 Å². The fourth-order valence-electron chi connectivity index (χ4n) is 3.98. The third-order valence-electron chi connectivity index (χ3n) is 5.74. The number of nitrogens with one attached hydrogen (secondary N) is 1. The zero-order valence-corrected chi connectivity index (χ0v) is 16.7. The van der Waals surface area contributed by atoms with E-state index >= 15 is 0 Å². The highest BCUT2D eigenvalue weighted by Crippen LogP contribution is 2.38. The molecule has 0 radical (unpaired) electrons. The Morgan fingerprint density at radius 3 is 2.43 bits per heavy atom. The Balaban J connectivity index is 1.58. The molecule has 1 aromatic heterocycles. The van der Waals surface area contributed by atoms with Crippen LogP contribution in [0.15, 0.2) is 88.8 Å². The van der Waals surface area contributed by atoms with E-state index in [1.165, 1.54) is 0 Å². The van der Waals surface area contributed by atoms with Crippen LogP contribution in [-0.2, 0) is 4.79 Å². The second-order valence-electron chi connectivity index (χ2n) is 7.54. The highest BCUT2D eigenvalue weighted by molar-refractivity contribution is 6.25. The Labute approximate surface area is 173 Å². The van der Waals surface area contributed by atoms with Gasteiger partial charge in [0.25, 0.3) is 0 Å². The van der Waals surface area contributed by atoms with Crippen molar-refractivity contribution in [3.05, 3.63) is 105 Å². The second kappa shape index (κ2) is 6.85. The molecule has 2 heterocycles. The van der Waals surface area contributed by atoms with Crippen LogP contribution in [0.2, 0.25) is 0 Å². The first-order chi connectivity index (χ1) is 14.5. The number of aliphatic hydroxyl groups is 1. The number of allylic oxidation sites excluding steroid dienone is 5. The van der Waals surface area contributed by atoms with Gasteiger partial charge in [0.1, 0.15) is 5.76 Å². The van der Waals surface area contributed by atoms with Crippen molar-refractivity contribution >= 4 is 34.5 Å². The standard InChI is InChI=1S/C26H20N2O2/c1-15(20-12-11-17-7-5-6-10-21(17)28-20)23-25(29)24(26(23)30)16(2)22-13-18-8-3-4-9-19(18)14-27-22/h3-14,27,29H,1-2H3/b22-16-,23-15-. The van der Waals surface area contributed by atoms with Gasteiger partial charge in [-0.25, -0.2) is 4.98 Å². The number of para-hydroxylation sites is 1. The normalized spacial score (nSPS) is 18.7. The molecule has 0 fully saturated rings. The molecule has 0 unspecified atom stereocenters. The Morgan fingerprint density at radius 2 is 1.63 bits per heavy atom. The molecule has 0 bridgehead atoms. The van der Waals surface area contributed by atoms with E-state index in [1.54, 1.807) is 0 Å². The zero-order chi connectivity index (χ0) is 20.8. The predicted octanol–water partition coefficient (Wildman–Crippen LogP) is 3.50. The Morgan fingerprint density at radius 1 is 0.900 bits per heavy atom. The van der Waals surface area contributed by atoms with Crippen molar-refractivity contribution in [2.75, 3.05) is 0 Å². The van der Waals surface area contributed by atoms with Gasteiger partial charge in [-0.15, -0.1) is 0 Å². The average molecular weight is 392 g/mol. The average Bonchev–Trinajstić information content (AvgIpc) is 2.78. The number of hydrogen-bond donors (Lipinski definition) is 2. The van der Waals surface area contributed by atoms with Crippen molar-refractivity contribution in [3.63, 3.8) is 0 Å². The van der Waals surface area contributed by atoms with Crippen molar-refractivity contribution in [1.29, 1.82) is 0 Å². The van der Waals surface area contributed by atoms with E-state index in [0.717, 1.165) is 32.6 Å². The minimum absolute atomic E-state index is 0.0338. The number of nitrogens with zero attached hydrogens (tertiary/aromatic N) is 1. The van der Waals surface area contributed by atoms with Gasteiger partial charge in [0.15, 0.2) is 0 Å². The molecule has 146 valence electrons. The van der Waals surface area contributed by atoms with Crippen molar-refractivity contribution in [2.24, 2.45) is 0 Å². The van der Waals surface area contributed by atoms with Gasteiger partial charge in [0.05, 0.1) is 22.4 Å². The second-order valence-corrected chi connectivity index (χ2v) is 7.54. The number of benzene rings is 2. The van der Waals surface area contributed by atoms with E-state index < -0.39 is 0 Å². The summed E-state index contributed by atoms with van der Waals surface area (Å²) in [6.07, 6.45) is 3.91. The van der Waals surface area contributed by atoms with Crippen LogP contribution in [0.4, 0.5) is 0 Å². The van der Waals surface area contributed by atoms with Crippen LogP contribution in [-0.4, -0.2) is 15.9 Å². The maximum Gasteiger partial charge on any atom is 0.201 e. The molecule has 2 aromatic carbocycles. The minimum Gasteiger partial charge on any atom is -0.506 e. The van der Waals surface area contributed by atoms with Crippen LogP contribution in [0, 0.1) is 0 Å². The van der Waals surface area contributed by atoms with E-state index in [4.69, 9.17) is 0 Å². The van der Waals surface area contributed by atoms with E-state index in [9.17, 15) is 9.90 Å². The number of Topliss-reactive ketones (excluding diaryl/α,β-unsaturated/α-hetero) is 1. The van der Waals surface area contributed by atoms with Gasteiger partial charge >= 0.3 is 0 Å². The van der Waals surface area contributed by atoms with Gasteiger partial charge in [-0.05, 0) is 53.6 Å². The summed E-state index contributed by atoms with van der Waals surface area (Å²) in [5, 5.41) is 17.2. The number of hydrogen-bond acceptors (Lipinski definition) is 4. The first-order valence-electron chi connectivity index (χ1n) is 9.85. The van der Waals surface area contributed by atoms with Crippen LogP contribution in [0.1, 0.15) is 19.5 Å². The lowest BCUT2D eigenvalue weighted by atomic mass is 9.80. The zero-order valence-electron chi connectivity index (χ0n) is 16.7. The summed E-state index contributed by atoms with van der Waals surface area (Å²) < 4.78 is 0. The topological polar surface area (TPSA) is 62.2 Å². The fraction of sp³-hybridized carbons (Fsp3) is 0.0769. The number of carbonyl (C=O) groups is 1. The lowest BCUT2D eigenvalue weighted by Gasteiger charge is -2.25. The molecule has 1 aliphatic heterocycles. The molecule has 0 spiro atoms. The molecule has 2 N–H and O–H groups in total. The van der Waals surface area contributed by atoms with Crippen LogP contribution in [0.25, 0.3) is 28.8 Å².